The van der Waals surface area contributed by atoms with Gasteiger partial charge in [0.1, 0.15) is 5.25 Å². The first-order valence-corrected chi connectivity index (χ1v) is 6.01. The van der Waals surface area contributed by atoms with Crippen molar-refractivity contribution in [2.45, 2.75) is 25.5 Å². The van der Waals surface area contributed by atoms with E-state index in [1.165, 1.54) is 6.92 Å². The smallest absolute Gasteiger partial charge is 0.319 e. The summed E-state index contributed by atoms with van der Waals surface area (Å²) in [6.45, 7) is 3.56. The number of thioether (sulfide) groups is 1. The molecular weight excluding hydrogens is 256 g/mol. The molecule has 0 saturated heterocycles. The topological polar surface area (TPSA) is 43.4 Å². The molecule has 13 heavy (non-hydrogen) atoms. The van der Waals surface area contributed by atoms with Crippen LogP contribution in [-0.4, -0.2) is 28.3 Å². The fraction of sp³-hybridized carbons (Fsp3) is 0.750. The van der Waals surface area contributed by atoms with Crippen molar-refractivity contribution in [1.82, 2.24) is 0 Å². The highest BCUT2D eigenvalue weighted by molar-refractivity contribution is 9.09. The molecular formula is C8H13BrO3S. The minimum Gasteiger partial charge on any atom is -0.465 e. The molecule has 1 atom stereocenters. The molecule has 0 saturated carbocycles. The van der Waals surface area contributed by atoms with E-state index in [1.807, 2.05) is 0 Å². The first-order chi connectivity index (χ1) is 6.11. The van der Waals surface area contributed by atoms with Crippen molar-refractivity contribution in [2.24, 2.45) is 0 Å². The van der Waals surface area contributed by atoms with Crippen molar-refractivity contribution < 1.29 is 14.3 Å². The Morgan fingerprint density at radius 2 is 2.15 bits per heavy atom. The van der Waals surface area contributed by atoms with Gasteiger partial charge < -0.3 is 4.74 Å². The minimum atomic E-state index is -0.364. The number of rotatable bonds is 5. The summed E-state index contributed by atoms with van der Waals surface area (Å²) in [6, 6.07) is 0. The maximum atomic E-state index is 11.3. The van der Waals surface area contributed by atoms with Crippen LogP contribution in [0.15, 0.2) is 0 Å². The van der Waals surface area contributed by atoms with E-state index in [9.17, 15) is 9.59 Å². The second-order valence-corrected chi connectivity index (χ2v) is 4.50. The molecule has 0 spiro atoms. The molecule has 0 aliphatic heterocycles. The first kappa shape index (κ1) is 13.0. The Morgan fingerprint density at radius 3 is 2.54 bits per heavy atom. The number of hydrogen-bond acceptors (Lipinski definition) is 4. The Balaban J connectivity index is 4.06. The normalized spacial score (nSPS) is 12.2. The number of halogens is 1. The molecule has 0 N–H and O–H groups in total. The molecule has 5 heteroatoms. The summed E-state index contributed by atoms with van der Waals surface area (Å²) in [5.74, 6) is -0.304. The van der Waals surface area contributed by atoms with Crippen molar-refractivity contribution in [1.29, 1.82) is 0 Å². The van der Waals surface area contributed by atoms with Gasteiger partial charge in [-0.1, -0.05) is 27.7 Å². The molecule has 0 radical (unpaired) electrons. The number of esters is 1. The lowest BCUT2D eigenvalue weighted by Gasteiger charge is -2.11. The number of hydrogen-bond donors (Lipinski definition) is 0. The van der Waals surface area contributed by atoms with E-state index in [2.05, 4.69) is 15.9 Å². The number of carbonyl (C=O) groups excluding carboxylic acids is 2. The molecule has 0 rings (SSSR count). The summed E-state index contributed by atoms with van der Waals surface area (Å²) in [5.41, 5.74) is 0. The molecule has 0 aromatic rings. The van der Waals surface area contributed by atoms with Crippen LogP contribution < -0.4 is 0 Å². The van der Waals surface area contributed by atoms with Crippen LogP contribution in [0.25, 0.3) is 0 Å². The molecule has 76 valence electrons. The van der Waals surface area contributed by atoms with Gasteiger partial charge in [0.05, 0.1) is 6.61 Å². The van der Waals surface area contributed by atoms with E-state index in [0.29, 0.717) is 18.4 Å². The standard InChI is InChI=1S/C8H13BrO3S/c1-3-12-8(11)7(4-5-9)13-6(2)10/h7H,3-5H2,1-2H3. The van der Waals surface area contributed by atoms with Gasteiger partial charge in [-0.2, -0.15) is 0 Å². The summed E-state index contributed by atoms with van der Waals surface area (Å²) in [5, 5.41) is 0.271. The Morgan fingerprint density at radius 1 is 1.54 bits per heavy atom. The van der Waals surface area contributed by atoms with Gasteiger partial charge in [-0.05, 0) is 13.3 Å². The van der Waals surface area contributed by atoms with Crippen LogP contribution in [0.5, 0.6) is 0 Å². The zero-order chi connectivity index (χ0) is 10.3. The minimum absolute atomic E-state index is 0.0565. The molecule has 3 nitrogen and oxygen atoms in total. The monoisotopic (exact) mass is 268 g/mol. The summed E-state index contributed by atoms with van der Waals surface area (Å²) >= 11 is 4.26. The van der Waals surface area contributed by atoms with E-state index < -0.39 is 0 Å². The molecule has 0 aromatic heterocycles. The maximum absolute atomic E-state index is 11.3. The second kappa shape index (κ2) is 7.38. The van der Waals surface area contributed by atoms with Crippen LogP contribution in [0.4, 0.5) is 0 Å². The predicted molar refractivity (Wildman–Crippen MR) is 57.1 cm³/mol. The van der Waals surface area contributed by atoms with E-state index >= 15 is 0 Å². The largest absolute Gasteiger partial charge is 0.465 e. The summed E-state index contributed by atoms with van der Waals surface area (Å²) in [6.07, 6.45) is 0.614. The van der Waals surface area contributed by atoms with E-state index in [0.717, 1.165) is 11.8 Å². The van der Waals surface area contributed by atoms with Crippen molar-refractivity contribution in [2.75, 3.05) is 11.9 Å². The fourth-order valence-corrected chi connectivity index (χ4v) is 2.32. The maximum Gasteiger partial charge on any atom is 0.319 e. The fourth-order valence-electron chi connectivity index (χ4n) is 0.760. The van der Waals surface area contributed by atoms with Crippen molar-refractivity contribution >= 4 is 38.8 Å². The van der Waals surface area contributed by atoms with Gasteiger partial charge in [0, 0.05) is 12.3 Å². The third-order valence-electron chi connectivity index (χ3n) is 1.23. The Labute approximate surface area is 90.7 Å². The first-order valence-electron chi connectivity index (χ1n) is 4.01. The lowest BCUT2D eigenvalue weighted by molar-refractivity contribution is -0.142. The van der Waals surface area contributed by atoms with Crippen LogP contribution in [0, 0.1) is 0 Å². The summed E-state index contributed by atoms with van der Waals surface area (Å²) in [4.78, 5) is 22.0. The highest BCUT2D eigenvalue weighted by Gasteiger charge is 2.21. The van der Waals surface area contributed by atoms with Crippen LogP contribution in [0.1, 0.15) is 20.3 Å². The van der Waals surface area contributed by atoms with Crippen molar-refractivity contribution in [3.05, 3.63) is 0 Å². The number of carbonyl (C=O) groups is 2. The molecule has 0 fully saturated rings. The van der Waals surface area contributed by atoms with Crippen molar-refractivity contribution in [3.63, 3.8) is 0 Å². The van der Waals surface area contributed by atoms with Crippen LogP contribution in [-0.2, 0) is 14.3 Å². The van der Waals surface area contributed by atoms with Crippen LogP contribution >= 0.6 is 27.7 Å². The average molecular weight is 269 g/mol. The van der Waals surface area contributed by atoms with E-state index in [4.69, 9.17) is 4.74 Å². The highest BCUT2D eigenvalue weighted by atomic mass is 79.9. The van der Waals surface area contributed by atoms with Gasteiger partial charge in [-0.3, -0.25) is 9.59 Å². The molecule has 0 bridgehead atoms. The highest BCUT2D eigenvalue weighted by Crippen LogP contribution is 2.18. The van der Waals surface area contributed by atoms with Crippen LogP contribution in [0.3, 0.4) is 0 Å². The second-order valence-electron chi connectivity index (χ2n) is 2.33. The molecule has 1 unspecified atom stereocenters. The SMILES string of the molecule is CCOC(=O)C(CCBr)SC(C)=O. The molecule has 0 aliphatic rings. The zero-order valence-electron chi connectivity index (χ0n) is 7.71. The van der Waals surface area contributed by atoms with E-state index in [1.54, 1.807) is 6.92 Å². The molecule has 0 amide bonds. The third-order valence-corrected chi connectivity index (χ3v) is 2.73. The predicted octanol–water partition coefficient (Wildman–Crippen LogP) is 1.98. The molecule has 0 aliphatic carbocycles. The van der Waals surface area contributed by atoms with Gasteiger partial charge in [0.2, 0.25) is 0 Å². The van der Waals surface area contributed by atoms with Gasteiger partial charge in [-0.25, -0.2) is 0 Å². The lowest BCUT2D eigenvalue weighted by Crippen LogP contribution is -2.22. The van der Waals surface area contributed by atoms with Gasteiger partial charge in [0.25, 0.3) is 0 Å². The Bertz CT molecular complexity index is 184. The zero-order valence-corrected chi connectivity index (χ0v) is 10.1. The lowest BCUT2D eigenvalue weighted by atomic mass is 10.3. The third kappa shape index (κ3) is 6.10. The molecule has 0 heterocycles. The van der Waals surface area contributed by atoms with Gasteiger partial charge >= 0.3 is 5.97 Å². The van der Waals surface area contributed by atoms with Crippen LogP contribution in [0.2, 0.25) is 0 Å². The van der Waals surface area contributed by atoms with Gasteiger partial charge in [-0.15, -0.1) is 0 Å². The number of ether oxygens (including phenoxy) is 1. The molecule has 0 aromatic carbocycles. The Hall–Kier alpha value is -0.0300. The summed E-state index contributed by atoms with van der Waals surface area (Å²) in [7, 11) is 0. The summed E-state index contributed by atoms with van der Waals surface area (Å²) < 4.78 is 4.82. The Kier molecular flexibility index (Phi) is 7.36. The number of alkyl halides is 1. The van der Waals surface area contributed by atoms with E-state index in [-0.39, 0.29) is 16.3 Å². The van der Waals surface area contributed by atoms with Crippen molar-refractivity contribution in [3.8, 4) is 0 Å². The van der Waals surface area contributed by atoms with Gasteiger partial charge in [0.15, 0.2) is 5.12 Å². The quantitative estimate of drug-likeness (QED) is 0.565. The average Bonchev–Trinajstić information content (AvgIpc) is 2.03.